The number of hydrogen-bond acceptors (Lipinski definition) is 4. The molecule has 1 aliphatic rings. The summed E-state index contributed by atoms with van der Waals surface area (Å²) in [6.45, 7) is 2.70. The van der Waals surface area contributed by atoms with Gasteiger partial charge in [-0.15, -0.1) is 0 Å². The number of benzene rings is 2. The molecule has 0 bridgehead atoms. The van der Waals surface area contributed by atoms with Crippen LogP contribution in [0.25, 0.3) is 0 Å². The number of carbonyl (C=O) groups is 3. The van der Waals surface area contributed by atoms with Gasteiger partial charge in [-0.05, 0) is 30.7 Å². The van der Waals surface area contributed by atoms with Crippen molar-refractivity contribution in [3.8, 4) is 6.07 Å². The molecule has 31 heavy (non-hydrogen) atoms. The van der Waals surface area contributed by atoms with Crippen LogP contribution in [0, 0.1) is 11.3 Å². The fourth-order valence-electron chi connectivity index (χ4n) is 3.52. The Morgan fingerprint density at radius 1 is 1.13 bits per heavy atom. The van der Waals surface area contributed by atoms with Gasteiger partial charge in [-0.3, -0.25) is 14.5 Å². The number of halogens is 3. The van der Waals surface area contributed by atoms with Crippen molar-refractivity contribution >= 4 is 23.4 Å². The summed E-state index contributed by atoms with van der Waals surface area (Å²) in [5, 5.41) is 9.00. The Labute approximate surface area is 176 Å². The number of urea groups is 1. The molecule has 0 aromatic heterocycles. The van der Waals surface area contributed by atoms with Gasteiger partial charge in [0, 0.05) is 6.42 Å². The molecule has 1 aliphatic heterocycles. The molecule has 0 N–H and O–H groups in total. The molecule has 0 saturated carbocycles. The highest BCUT2D eigenvalue weighted by atomic mass is 19.4. The Bertz CT molecular complexity index is 1090. The highest BCUT2D eigenvalue weighted by molar-refractivity contribution is 6.23. The molecular weight excluding hydrogens is 411 g/mol. The van der Waals surface area contributed by atoms with E-state index >= 15 is 0 Å². The third kappa shape index (κ3) is 3.65. The largest absolute Gasteiger partial charge is 0.417 e. The molecule has 0 aliphatic carbocycles. The summed E-state index contributed by atoms with van der Waals surface area (Å²) >= 11 is 0. The van der Waals surface area contributed by atoms with Crippen molar-refractivity contribution in [2.75, 3.05) is 11.4 Å². The number of anilines is 1. The molecule has 6 nitrogen and oxygen atoms in total. The van der Waals surface area contributed by atoms with Crippen LogP contribution in [-0.4, -0.2) is 29.2 Å². The number of hydrogen-bond donors (Lipinski definition) is 0. The molecule has 9 heteroatoms. The molecule has 1 atom stereocenters. The molecule has 160 valence electrons. The van der Waals surface area contributed by atoms with E-state index in [1.54, 1.807) is 37.3 Å². The fourth-order valence-corrected chi connectivity index (χ4v) is 3.52. The summed E-state index contributed by atoms with van der Waals surface area (Å²) in [7, 11) is 0. The van der Waals surface area contributed by atoms with Crippen LogP contribution in [0.2, 0.25) is 0 Å². The number of nitrogens with zero attached hydrogens (tertiary/aromatic N) is 3. The molecule has 1 saturated heterocycles. The second-order valence-electron chi connectivity index (χ2n) is 7.18. The number of Topliss-reactive ketones (excluding diaryl/α,β-unsaturated/α-hetero) is 1. The lowest BCUT2D eigenvalue weighted by Gasteiger charge is -2.31. The number of carbonyl (C=O) groups excluding carboxylic acids is 3. The quantitative estimate of drug-likeness (QED) is 0.666. The minimum atomic E-state index is -4.85. The van der Waals surface area contributed by atoms with Crippen LogP contribution >= 0.6 is 0 Å². The summed E-state index contributed by atoms with van der Waals surface area (Å²) in [4.78, 5) is 40.5. The number of amides is 3. The summed E-state index contributed by atoms with van der Waals surface area (Å²) < 4.78 is 40.2. The second kappa shape index (κ2) is 7.87. The van der Waals surface area contributed by atoms with Crippen molar-refractivity contribution < 1.29 is 27.6 Å². The van der Waals surface area contributed by atoms with E-state index in [0.29, 0.717) is 16.5 Å². The summed E-state index contributed by atoms with van der Waals surface area (Å²) in [5.41, 5.74) is -3.37. The summed E-state index contributed by atoms with van der Waals surface area (Å²) in [6, 6.07) is 11.4. The summed E-state index contributed by atoms with van der Waals surface area (Å²) in [5.74, 6) is -1.09. The summed E-state index contributed by atoms with van der Waals surface area (Å²) in [6.07, 6.45) is -4.73. The molecule has 1 unspecified atom stereocenters. The van der Waals surface area contributed by atoms with Crippen LogP contribution in [0.1, 0.15) is 37.0 Å². The lowest BCUT2D eigenvalue weighted by molar-refractivity contribution is -0.137. The van der Waals surface area contributed by atoms with E-state index in [1.165, 1.54) is 13.0 Å². The first-order valence-corrected chi connectivity index (χ1v) is 9.40. The third-order valence-corrected chi connectivity index (χ3v) is 5.33. The standard InChI is InChI=1S/C22H18F3N3O3/c1-3-17(29)13-27-20(31)28(19(30)21(27,2)15-7-5-4-6-8-15)16-10-9-14(12-26)18(11-16)22(23,24)25/h4-11H,3,13H2,1-2H3. The molecule has 2 aromatic carbocycles. The molecule has 0 spiro atoms. The van der Waals surface area contributed by atoms with Gasteiger partial charge in [0.2, 0.25) is 0 Å². The van der Waals surface area contributed by atoms with Crippen LogP contribution in [0.4, 0.5) is 23.7 Å². The molecule has 1 fully saturated rings. The van der Waals surface area contributed by atoms with Gasteiger partial charge in [-0.2, -0.15) is 18.4 Å². The maximum atomic E-state index is 13.4. The van der Waals surface area contributed by atoms with Crippen molar-refractivity contribution in [2.45, 2.75) is 32.0 Å². The number of alkyl halides is 3. The first-order valence-electron chi connectivity index (χ1n) is 9.40. The van der Waals surface area contributed by atoms with E-state index in [1.807, 2.05) is 0 Å². The van der Waals surface area contributed by atoms with E-state index < -0.39 is 34.8 Å². The first-order chi connectivity index (χ1) is 14.6. The smallest absolute Gasteiger partial charge is 0.298 e. The average Bonchev–Trinajstić information content (AvgIpc) is 2.94. The number of rotatable bonds is 5. The Balaban J connectivity index is 2.17. The molecule has 2 aromatic rings. The average molecular weight is 429 g/mol. The minimum Gasteiger partial charge on any atom is -0.298 e. The normalized spacial score (nSPS) is 19.0. The fraction of sp³-hybridized carbons (Fsp3) is 0.273. The Morgan fingerprint density at radius 3 is 2.32 bits per heavy atom. The van der Waals surface area contributed by atoms with Gasteiger partial charge in [0.1, 0.15) is 5.54 Å². The van der Waals surface area contributed by atoms with E-state index in [-0.39, 0.29) is 24.4 Å². The topological polar surface area (TPSA) is 81.5 Å². The lowest BCUT2D eigenvalue weighted by Crippen LogP contribution is -2.46. The molecule has 3 rings (SSSR count). The SMILES string of the molecule is CCC(=O)CN1C(=O)N(c2ccc(C#N)c(C(F)(F)F)c2)C(=O)C1(C)c1ccccc1. The number of imide groups is 1. The van der Waals surface area contributed by atoms with Gasteiger partial charge >= 0.3 is 12.2 Å². The predicted molar refractivity (Wildman–Crippen MR) is 105 cm³/mol. The molecule has 0 radical (unpaired) electrons. The van der Waals surface area contributed by atoms with Crippen molar-refractivity contribution in [1.82, 2.24) is 4.90 Å². The van der Waals surface area contributed by atoms with Gasteiger partial charge in [0.25, 0.3) is 5.91 Å². The van der Waals surface area contributed by atoms with E-state index in [4.69, 9.17) is 5.26 Å². The van der Waals surface area contributed by atoms with Crippen LogP contribution in [0.5, 0.6) is 0 Å². The van der Waals surface area contributed by atoms with Crippen LogP contribution in [0.3, 0.4) is 0 Å². The molecule has 3 amide bonds. The maximum Gasteiger partial charge on any atom is 0.417 e. The third-order valence-electron chi connectivity index (χ3n) is 5.33. The zero-order valence-electron chi connectivity index (χ0n) is 16.7. The van der Waals surface area contributed by atoms with Gasteiger partial charge in [-0.1, -0.05) is 37.3 Å². The minimum absolute atomic E-state index is 0.123. The van der Waals surface area contributed by atoms with Gasteiger partial charge in [0.15, 0.2) is 5.78 Å². The van der Waals surface area contributed by atoms with E-state index in [9.17, 15) is 27.6 Å². The Hall–Kier alpha value is -3.67. The molecule has 1 heterocycles. The second-order valence-corrected chi connectivity index (χ2v) is 7.18. The van der Waals surface area contributed by atoms with Gasteiger partial charge in [-0.25, -0.2) is 9.69 Å². The van der Waals surface area contributed by atoms with E-state index in [0.717, 1.165) is 17.0 Å². The van der Waals surface area contributed by atoms with Gasteiger partial charge < -0.3 is 0 Å². The van der Waals surface area contributed by atoms with Crippen molar-refractivity contribution in [1.29, 1.82) is 5.26 Å². The van der Waals surface area contributed by atoms with Crippen molar-refractivity contribution in [2.24, 2.45) is 0 Å². The Kier molecular flexibility index (Phi) is 5.59. The molecular formula is C22H18F3N3O3. The van der Waals surface area contributed by atoms with Crippen LogP contribution < -0.4 is 4.90 Å². The highest BCUT2D eigenvalue weighted by Crippen LogP contribution is 2.41. The Morgan fingerprint density at radius 2 is 1.77 bits per heavy atom. The van der Waals surface area contributed by atoms with Crippen molar-refractivity contribution in [3.05, 3.63) is 65.2 Å². The van der Waals surface area contributed by atoms with Gasteiger partial charge in [0.05, 0.1) is 29.4 Å². The zero-order valence-corrected chi connectivity index (χ0v) is 16.7. The predicted octanol–water partition coefficient (Wildman–Crippen LogP) is 4.24. The maximum absolute atomic E-state index is 13.4. The number of nitriles is 1. The van der Waals surface area contributed by atoms with E-state index in [2.05, 4.69) is 0 Å². The zero-order chi connectivity index (χ0) is 23.0. The lowest BCUT2D eigenvalue weighted by atomic mass is 9.90. The highest BCUT2D eigenvalue weighted by Gasteiger charge is 2.56. The van der Waals surface area contributed by atoms with Crippen LogP contribution in [-0.2, 0) is 21.3 Å². The monoisotopic (exact) mass is 429 g/mol. The number of ketones is 1. The first kappa shape index (κ1) is 22.0. The van der Waals surface area contributed by atoms with Crippen LogP contribution in [0.15, 0.2) is 48.5 Å². The van der Waals surface area contributed by atoms with Crippen molar-refractivity contribution in [3.63, 3.8) is 0 Å².